The molecule has 1 N–H and O–H groups in total. The van der Waals surface area contributed by atoms with Crippen molar-refractivity contribution in [1.82, 2.24) is 19.1 Å². The molecule has 1 fully saturated rings. The molecule has 0 aliphatic carbocycles. The van der Waals surface area contributed by atoms with Crippen LogP contribution in [-0.2, 0) is 13.6 Å². The lowest BCUT2D eigenvalue weighted by Crippen LogP contribution is -2.40. The predicted octanol–water partition coefficient (Wildman–Crippen LogP) is 2.10. The van der Waals surface area contributed by atoms with Crippen LogP contribution < -0.4 is 16.1 Å². The number of unbranched alkanes of at least 4 members (excludes halogenated alkanes) is 2. The van der Waals surface area contributed by atoms with Gasteiger partial charge in [-0.15, -0.1) is 0 Å². The number of aromatic nitrogens is 4. The SMILES string of the molecule is CCCCCn1c(N2C[C@@H](C)C[C@H](C)C2)nc2c1c(=O)[nH]c(=O)n2C. The Kier molecular flexibility index (Phi) is 5.01. The molecular weight excluding hydrogens is 318 g/mol. The van der Waals surface area contributed by atoms with Gasteiger partial charge in [0.2, 0.25) is 5.95 Å². The van der Waals surface area contributed by atoms with Crippen molar-refractivity contribution < 1.29 is 0 Å². The molecule has 0 radical (unpaired) electrons. The Balaban J connectivity index is 2.14. The number of aromatic amines is 1. The third-order valence-electron chi connectivity index (χ3n) is 5.12. The summed E-state index contributed by atoms with van der Waals surface area (Å²) < 4.78 is 3.46. The first kappa shape index (κ1) is 17.8. The van der Waals surface area contributed by atoms with E-state index in [1.807, 2.05) is 4.57 Å². The van der Waals surface area contributed by atoms with Crippen LogP contribution in [0.4, 0.5) is 5.95 Å². The summed E-state index contributed by atoms with van der Waals surface area (Å²) in [5, 5.41) is 0. The van der Waals surface area contributed by atoms with Crippen molar-refractivity contribution in [3.05, 3.63) is 20.8 Å². The third-order valence-corrected chi connectivity index (χ3v) is 5.12. The van der Waals surface area contributed by atoms with Crippen molar-refractivity contribution in [1.29, 1.82) is 0 Å². The lowest BCUT2D eigenvalue weighted by Gasteiger charge is -2.35. The first-order valence-electron chi connectivity index (χ1n) is 9.36. The van der Waals surface area contributed by atoms with Gasteiger partial charge in [0.1, 0.15) is 0 Å². The number of aryl methyl sites for hydroxylation is 2. The molecule has 138 valence electrons. The van der Waals surface area contributed by atoms with Crippen molar-refractivity contribution in [2.45, 2.75) is 53.0 Å². The number of imidazole rings is 1. The van der Waals surface area contributed by atoms with Crippen molar-refractivity contribution in [3.8, 4) is 0 Å². The highest BCUT2D eigenvalue weighted by Crippen LogP contribution is 2.28. The largest absolute Gasteiger partial charge is 0.342 e. The molecular formula is C18H29N5O2. The van der Waals surface area contributed by atoms with Crippen molar-refractivity contribution in [2.75, 3.05) is 18.0 Å². The van der Waals surface area contributed by atoms with E-state index in [1.165, 1.54) is 11.0 Å². The summed E-state index contributed by atoms with van der Waals surface area (Å²) in [7, 11) is 1.66. The maximum Gasteiger partial charge on any atom is 0.329 e. The van der Waals surface area contributed by atoms with Crippen molar-refractivity contribution >= 4 is 17.1 Å². The fourth-order valence-corrected chi connectivity index (χ4v) is 4.02. The minimum absolute atomic E-state index is 0.341. The monoisotopic (exact) mass is 347 g/mol. The summed E-state index contributed by atoms with van der Waals surface area (Å²) in [5.41, 5.74) is 0.235. The zero-order valence-corrected chi connectivity index (χ0v) is 15.7. The second-order valence-electron chi connectivity index (χ2n) is 7.61. The molecule has 7 nitrogen and oxygen atoms in total. The lowest BCUT2D eigenvalue weighted by molar-refractivity contribution is 0.351. The van der Waals surface area contributed by atoms with Gasteiger partial charge in [0.15, 0.2) is 11.2 Å². The zero-order chi connectivity index (χ0) is 18.1. The van der Waals surface area contributed by atoms with Gasteiger partial charge < -0.3 is 9.47 Å². The normalized spacial score (nSPS) is 21.2. The van der Waals surface area contributed by atoms with Crippen LogP contribution in [0.3, 0.4) is 0 Å². The van der Waals surface area contributed by atoms with E-state index in [0.29, 0.717) is 23.0 Å². The van der Waals surface area contributed by atoms with E-state index in [0.717, 1.165) is 44.8 Å². The number of piperidine rings is 1. The highest BCUT2D eigenvalue weighted by atomic mass is 16.2. The molecule has 2 atom stereocenters. The Labute approximate surface area is 147 Å². The molecule has 0 amide bonds. The number of nitrogens with zero attached hydrogens (tertiary/aromatic N) is 4. The highest BCUT2D eigenvalue weighted by molar-refractivity contribution is 5.74. The van der Waals surface area contributed by atoms with Gasteiger partial charge in [0.05, 0.1) is 0 Å². The first-order valence-corrected chi connectivity index (χ1v) is 9.36. The number of H-pyrrole nitrogens is 1. The topological polar surface area (TPSA) is 75.9 Å². The number of rotatable bonds is 5. The van der Waals surface area contributed by atoms with Gasteiger partial charge in [0.25, 0.3) is 5.56 Å². The summed E-state index contributed by atoms with van der Waals surface area (Å²) in [6.07, 6.45) is 4.44. The molecule has 7 heteroatoms. The molecule has 0 unspecified atom stereocenters. The van der Waals surface area contributed by atoms with Gasteiger partial charge in [0, 0.05) is 26.7 Å². The van der Waals surface area contributed by atoms with E-state index in [2.05, 4.69) is 30.7 Å². The number of nitrogens with one attached hydrogen (secondary N) is 1. The highest BCUT2D eigenvalue weighted by Gasteiger charge is 2.27. The predicted molar refractivity (Wildman–Crippen MR) is 100 cm³/mol. The van der Waals surface area contributed by atoms with Gasteiger partial charge in [-0.25, -0.2) is 4.79 Å². The second kappa shape index (κ2) is 7.06. The molecule has 2 aromatic rings. The maximum absolute atomic E-state index is 12.5. The van der Waals surface area contributed by atoms with Crippen molar-refractivity contribution in [2.24, 2.45) is 18.9 Å². The van der Waals surface area contributed by atoms with Crippen LogP contribution >= 0.6 is 0 Å². The standard InChI is InChI=1S/C18H29N5O2/c1-5-6-7-8-23-14-15(21(4)18(25)20-16(14)24)19-17(23)22-10-12(2)9-13(3)11-22/h12-13H,5-11H2,1-4H3,(H,20,24,25)/t12-,13-/m0/s1. The Hall–Kier alpha value is -2.05. The average molecular weight is 347 g/mol. The number of anilines is 1. The fraction of sp³-hybridized carbons (Fsp3) is 0.722. The van der Waals surface area contributed by atoms with Crippen LogP contribution in [0.1, 0.15) is 46.5 Å². The average Bonchev–Trinajstić information content (AvgIpc) is 2.92. The second-order valence-corrected chi connectivity index (χ2v) is 7.61. The Bertz CT molecular complexity index is 853. The molecule has 1 aliphatic heterocycles. The smallest absolute Gasteiger partial charge is 0.329 e. The van der Waals surface area contributed by atoms with Crippen molar-refractivity contribution in [3.63, 3.8) is 0 Å². The molecule has 3 heterocycles. The van der Waals surface area contributed by atoms with Crippen LogP contribution in [-0.4, -0.2) is 32.2 Å². The summed E-state index contributed by atoms with van der Waals surface area (Å²) in [6, 6.07) is 0. The van der Waals surface area contributed by atoms with Gasteiger partial charge in [-0.05, 0) is 24.7 Å². The minimum atomic E-state index is -0.414. The van der Waals surface area contributed by atoms with E-state index >= 15 is 0 Å². The molecule has 0 spiro atoms. The molecule has 3 rings (SSSR count). The summed E-state index contributed by atoms with van der Waals surface area (Å²) in [5.74, 6) is 2.01. The van der Waals surface area contributed by atoms with Gasteiger partial charge in [-0.3, -0.25) is 14.3 Å². The molecule has 1 aliphatic rings. The van der Waals surface area contributed by atoms with Gasteiger partial charge in [-0.1, -0.05) is 33.6 Å². The molecule has 0 aromatic carbocycles. The lowest BCUT2D eigenvalue weighted by atomic mass is 9.92. The molecule has 0 saturated carbocycles. The minimum Gasteiger partial charge on any atom is -0.342 e. The number of fused-ring (bicyclic) bond motifs is 1. The van der Waals surface area contributed by atoms with Crippen LogP contribution in [0.15, 0.2) is 9.59 Å². The quantitative estimate of drug-likeness (QED) is 0.841. The maximum atomic E-state index is 12.5. The number of hydrogen-bond donors (Lipinski definition) is 1. The van der Waals surface area contributed by atoms with Crippen LogP contribution in [0.25, 0.3) is 11.2 Å². The molecule has 25 heavy (non-hydrogen) atoms. The Morgan fingerprint density at radius 3 is 2.48 bits per heavy atom. The van der Waals surface area contributed by atoms with Gasteiger partial charge >= 0.3 is 5.69 Å². The Morgan fingerprint density at radius 2 is 1.84 bits per heavy atom. The summed E-state index contributed by atoms with van der Waals surface area (Å²) >= 11 is 0. The molecule has 0 bridgehead atoms. The first-order chi connectivity index (χ1) is 11.9. The fourth-order valence-electron chi connectivity index (χ4n) is 4.02. The molecule has 2 aromatic heterocycles. The Morgan fingerprint density at radius 1 is 1.16 bits per heavy atom. The summed E-state index contributed by atoms with van der Waals surface area (Å²) in [4.78, 5) is 33.9. The number of hydrogen-bond acceptors (Lipinski definition) is 4. The van der Waals surface area contributed by atoms with Crippen LogP contribution in [0, 0.1) is 11.8 Å². The van der Waals surface area contributed by atoms with E-state index in [-0.39, 0.29) is 5.56 Å². The van der Waals surface area contributed by atoms with E-state index < -0.39 is 5.69 Å². The van der Waals surface area contributed by atoms with Crippen LogP contribution in [0.5, 0.6) is 0 Å². The van der Waals surface area contributed by atoms with Gasteiger partial charge in [-0.2, -0.15) is 4.98 Å². The van der Waals surface area contributed by atoms with E-state index in [9.17, 15) is 9.59 Å². The summed E-state index contributed by atoms with van der Waals surface area (Å²) in [6.45, 7) is 9.31. The zero-order valence-electron chi connectivity index (χ0n) is 15.7. The third kappa shape index (κ3) is 3.37. The molecule has 1 saturated heterocycles. The van der Waals surface area contributed by atoms with E-state index in [4.69, 9.17) is 4.98 Å². The van der Waals surface area contributed by atoms with Crippen LogP contribution in [0.2, 0.25) is 0 Å². The van der Waals surface area contributed by atoms with E-state index in [1.54, 1.807) is 7.05 Å².